The number of aromatic amines is 1. The first-order chi connectivity index (χ1) is 20.8. The van der Waals surface area contributed by atoms with E-state index in [0.29, 0.717) is 12.0 Å². The predicted molar refractivity (Wildman–Crippen MR) is 185 cm³/mol. The Morgan fingerprint density at radius 3 is 1.38 bits per heavy atom. The molecule has 2 heteroatoms. The molecule has 0 aliphatic carbocycles. The maximum absolute atomic E-state index is 3.35. The van der Waals surface area contributed by atoms with E-state index in [0.717, 1.165) is 0 Å². The minimum absolute atomic E-state index is 0.604. The van der Waals surface area contributed by atoms with Crippen molar-refractivity contribution < 1.29 is 4.57 Å². The molecule has 0 bridgehead atoms. The molecule has 0 radical (unpaired) electrons. The highest BCUT2D eigenvalue weighted by molar-refractivity contribution is 5.15. The number of imidazole rings is 1. The second-order valence-corrected chi connectivity index (χ2v) is 13.4. The lowest BCUT2D eigenvalue weighted by atomic mass is 9.84. The molecule has 0 saturated carbocycles. The van der Waals surface area contributed by atoms with E-state index in [9.17, 15) is 0 Å². The van der Waals surface area contributed by atoms with Gasteiger partial charge in [-0.1, -0.05) is 192 Å². The van der Waals surface area contributed by atoms with Crippen molar-refractivity contribution in [1.29, 1.82) is 0 Å². The van der Waals surface area contributed by atoms with E-state index >= 15 is 0 Å². The Bertz CT molecular complexity index is 783. The molecule has 0 aliphatic rings. The molecule has 42 heavy (non-hydrogen) atoms. The molecular weight excluding hydrogens is 508 g/mol. The summed E-state index contributed by atoms with van der Waals surface area (Å²) in [7, 11) is 0. The molecular formula is C40H71N2+. The molecule has 0 amide bonds. The number of rotatable bonds is 30. The van der Waals surface area contributed by atoms with Gasteiger partial charge in [0.2, 0.25) is 6.33 Å². The van der Waals surface area contributed by atoms with Crippen LogP contribution in [0.25, 0.3) is 0 Å². The highest BCUT2D eigenvalue weighted by atomic mass is 15.1. The summed E-state index contributed by atoms with van der Waals surface area (Å²) >= 11 is 0. The van der Waals surface area contributed by atoms with Crippen LogP contribution >= 0.6 is 0 Å². The average molecular weight is 580 g/mol. The van der Waals surface area contributed by atoms with Gasteiger partial charge in [-0.2, -0.15) is 0 Å². The lowest BCUT2D eigenvalue weighted by Gasteiger charge is -2.25. The summed E-state index contributed by atoms with van der Waals surface area (Å²) < 4.78 is 2.51. The number of benzene rings is 1. The van der Waals surface area contributed by atoms with E-state index in [4.69, 9.17) is 0 Å². The molecule has 1 aromatic carbocycles. The Morgan fingerprint density at radius 1 is 0.524 bits per heavy atom. The van der Waals surface area contributed by atoms with E-state index in [1.54, 1.807) is 0 Å². The first-order valence-corrected chi connectivity index (χ1v) is 18.9. The lowest BCUT2D eigenvalue weighted by molar-refractivity contribution is -0.730. The summed E-state index contributed by atoms with van der Waals surface area (Å²) in [4.78, 5) is 3.35. The molecule has 240 valence electrons. The molecule has 1 heterocycles. The summed E-state index contributed by atoms with van der Waals surface area (Å²) in [5.74, 6) is 0.712. The molecule has 0 saturated heterocycles. The van der Waals surface area contributed by atoms with E-state index in [-0.39, 0.29) is 0 Å². The minimum atomic E-state index is 0.604. The molecule has 2 atom stereocenters. The van der Waals surface area contributed by atoms with Gasteiger partial charge in [0.1, 0.15) is 18.4 Å². The minimum Gasteiger partial charge on any atom is -0.250 e. The molecule has 2 unspecified atom stereocenters. The number of unbranched alkanes of at least 4 members (excludes halogenated alkanes) is 22. The molecule has 2 nitrogen and oxygen atoms in total. The van der Waals surface area contributed by atoms with Crippen molar-refractivity contribution in [3.8, 4) is 0 Å². The van der Waals surface area contributed by atoms with Crippen LogP contribution in [0.3, 0.4) is 0 Å². The molecule has 0 spiro atoms. The van der Waals surface area contributed by atoms with Crippen molar-refractivity contribution in [3.63, 3.8) is 0 Å². The lowest BCUT2D eigenvalue weighted by Crippen LogP contribution is -2.42. The third-order valence-corrected chi connectivity index (χ3v) is 9.62. The van der Waals surface area contributed by atoms with Crippen molar-refractivity contribution in [3.05, 3.63) is 54.6 Å². The van der Waals surface area contributed by atoms with E-state index in [2.05, 4.69) is 72.5 Å². The van der Waals surface area contributed by atoms with Crippen LogP contribution in [0.2, 0.25) is 0 Å². The molecule has 2 aromatic rings. The van der Waals surface area contributed by atoms with Crippen LogP contribution in [0.15, 0.2) is 49.1 Å². The number of nitrogens with zero attached hydrogens (tertiary/aromatic N) is 1. The van der Waals surface area contributed by atoms with Gasteiger partial charge in [0, 0.05) is 5.92 Å². The summed E-state index contributed by atoms with van der Waals surface area (Å²) in [5.41, 5.74) is 1.51. The van der Waals surface area contributed by atoms with E-state index in [1.807, 2.05) is 0 Å². The van der Waals surface area contributed by atoms with Gasteiger partial charge in [-0.3, -0.25) is 4.98 Å². The Balaban J connectivity index is 1.71. The van der Waals surface area contributed by atoms with Gasteiger partial charge in [-0.15, -0.1) is 0 Å². The van der Waals surface area contributed by atoms with E-state index in [1.165, 1.54) is 179 Å². The third kappa shape index (κ3) is 18.9. The van der Waals surface area contributed by atoms with Crippen LogP contribution < -0.4 is 4.57 Å². The second-order valence-electron chi connectivity index (χ2n) is 13.4. The molecule has 0 aliphatic heterocycles. The molecule has 0 fully saturated rings. The van der Waals surface area contributed by atoms with Crippen molar-refractivity contribution in [1.82, 2.24) is 4.98 Å². The van der Waals surface area contributed by atoms with Crippen LogP contribution in [0, 0.1) is 5.92 Å². The monoisotopic (exact) mass is 580 g/mol. The largest absolute Gasteiger partial charge is 0.250 e. The van der Waals surface area contributed by atoms with Gasteiger partial charge in [-0.05, 0) is 31.2 Å². The van der Waals surface area contributed by atoms with Crippen LogP contribution in [-0.4, -0.2) is 4.98 Å². The Morgan fingerprint density at radius 2 is 0.952 bits per heavy atom. The highest BCUT2D eigenvalue weighted by Crippen LogP contribution is 2.29. The number of nitrogens with one attached hydrogen (secondary N) is 1. The Labute approximate surface area is 262 Å². The van der Waals surface area contributed by atoms with Gasteiger partial charge >= 0.3 is 0 Å². The normalized spacial score (nSPS) is 13.0. The standard InChI is InChI=1S/C40H70N2/c1-3-5-7-9-11-13-15-17-19-21-23-28-32-39(36-38-30-26-25-27-31-38)40(42-35-34-41-37-42)33-29-24-22-20-18-16-14-12-10-8-6-4-2/h25-27,30-31,34-35,37,39-40H,3-24,28-29,32-33,36H2,1-2H3/p+1. The fourth-order valence-electron chi connectivity index (χ4n) is 6.93. The van der Waals surface area contributed by atoms with Gasteiger partial charge in [0.05, 0.1) is 0 Å². The summed E-state index contributed by atoms with van der Waals surface area (Å²) in [5, 5.41) is 0. The fraction of sp³-hybridized carbons (Fsp3) is 0.775. The molecule has 1 aromatic heterocycles. The number of H-pyrrole nitrogens is 1. The molecule has 1 N–H and O–H groups in total. The maximum atomic E-state index is 3.35. The quantitative estimate of drug-likeness (QED) is 0.0701. The SMILES string of the molecule is CCCCCCCCCCCCCCC(Cc1ccccc1)C(CCCCCCCCCCCCCC)[n+]1cc[nH]c1. The number of hydrogen-bond donors (Lipinski definition) is 1. The fourth-order valence-corrected chi connectivity index (χ4v) is 6.93. The first-order valence-electron chi connectivity index (χ1n) is 18.9. The van der Waals surface area contributed by atoms with Gasteiger partial charge in [-0.25, -0.2) is 4.57 Å². The van der Waals surface area contributed by atoms with Crippen LogP contribution in [0.1, 0.15) is 192 Å². The van der Waals surface area contributed by atoms with E-state index < -0.39 is 0 Å². The topological polar surface area (TPSA) is 19.7 Å². The third-order valence-electron chi connectivity index (χ3n) is 9.62. The van der Waals surface area contributed by atoms with Crippen molar-refractivity contribution >= 4 is 0 Å². The summed E-state index contributed by atoms with van der Waals surface area (Å²) in [6.45, 7) is 4.62. The maximum Gasteiger partial charge on any atom is 0.241 e. The average Bonchev–Trinajstić information content (AvgIpc) is 3.55. The zero-order valence-electron chi connectivity index (χ0n) is 28.3. The van der Waals surface area contributed by atoms with Crippen molar-refractivity contribution in [2.24, 2.45) is 5.92 Å². The number of aromatic nitrogens is 2. The highest BCUT2D eigenvalue weighted by Gasteiger charge is 2.26. The van der Waals surface area contributed by atoms with Crippen molar-refractivity contribution in [2.75, 3.05) is 0 Å². The van der Waals surface area contributed by atoms with Crippen LogP contribution in [0.5, 0.6) is 0 Å². The predicted octanol–water partition coefficient (Wildman–Crippen LogP) is 12.9. The van der Waals surface area contributed by atoms with Gasteiger partial charge in [0.15, 0.2) is 0 Å². The zero-order chi connectivity index (χ0) is 29.8. The van der Waals surface area contributed by atoms with Gasteiger partial charge < -0.3 is 0 Å². The summed E-state index contributed by atoms with van der Waals surface area (Å²) in [6.07, 6.45) is 44.7. The van der Waals surface area contributed by atoms with Crippen LogP contribution in [0.4, 0.5) is 0 Å². The van der Waals surface area contributed by atoms with Crippen LogP contribution in [-0.2, 0) is 6.42 Å². The zero-order valence-corrected chi connectivity index (χ0v) is 28.3. The smallest absolute Gasteiger partial charge is 0.241 e. The number of hydrogen-bond acceptors (Lipinski definition) is 0. The van der Waals surface area contributed by atoms with Crippen molar-refractivity contribution in [2.45, 2.75) is 193 Å². The molecule has 2 rings (SSSR count). The Kier molecular flexibility index (Phi) is 23.6. The second kappa shape index (κ2) is 27.0. The summed E-state index contributed by atoms with van der Waals surface area (Å²) in [6, 6.07) is 11.9. The Hall–Kier alpha value is -1.57. The first kappa shape index (κ1) is 36.6. The van der Waals surface area contributed by atoms with Gasteiger partial charge in [0.25, 0.3) is 0 Å².